The molecular weight excluding hydrogens is 234 g/mol. The molecule has 0 saturated heterocycles. The topological polar surface area (TPSA) is 47.0 Å². The molecule has 0 atom stereocenters. The van der Waals surface area contributed by atoms with Crippen LogP contribution in [0.1, 0.15) is 45.9 Å². The van der Waals surface area contributed by atoms with Crippen LogP contribution in [0.25, 0.3) is 0 Å². The Kier molecular flexibility index (Phi) is 7.12. The number of nitrogens with zero attached hydrogens (tertiary/aromatic N) is 2. The number of aryl methyl sites for hydroxylation is 1. The second-order valence-electron chi connectivity index (χ2n) is 4.32. The van der Waals surface area contributed by atoms with Crippen molar-refractivity contribution in [3.63, 3.8) is 0 Å². The molecule has 0 spiro atoms. The number of nitrogens with one attached hydrogen (secondary N) is 1. The fraction of sp³-hybridized carbons (Fsp3) is 0.833. The molecule has 0 radical (unpaired) electrons. The van der Waals surface area contributed by atoms with Crippen molar-refractivity contribution in [1.82, 2.24) is 9.36 Å². The third-order valence-corrected chi connectivity index (χ3v) is 2.95. The summed E-state index contributed by atoms with van der Waals surface area (Å²) >= 11 is 1.45. The number of hydrogen-bond donors (Lipinski definition) is 1. The largest absolute Gasteiger partial charge is 0.379 e. The summed E-state index contributed by atoms with van der Waals surface area (Å²) < 4.78 is 9.76. The molecule has 0 amide bonds. The van der Waals surface area contributed by atoms with Gasteiger partial charge in [-0.25, -0.2) is 4.98 Å². The highest BCUT2D eigenvalue weighted by molar-refractivity contribution is 7.09. The van der Waals surface area contributed by atoms with Gasteiger partial charge in [0.15, 0.2) is 0 Å². The minimum absolute atomic E-state index is 0.336. The lowest BCUT2D eigenvalue weighted by Gasteiger charge is -2.06. The Morgan fingerprint density at radius 3 is 2.88 bits per heavy atom. The number of aromatic nitrogens is 2. The average molecular weight is 257 g/mol. The molecule has 1 aromatic heterocycles. The molecule has 1 heterocycles. The van der Waals surface area contributed by atoms with E-state index in [1.165, 1.54) is 11.5 Å². The zero-order valence-electron chi connectivity index (χ0n) is 11.0. The molecule has 1 N–H and O–H groups in total. The van der Waals surface area contributed by atoms with Crippen molar-refractivity contribution >= 4 is 16.7 Å². The van der Waals surface area contributed by atoms with Gasteiger partial charge in [-0.15, -0.1) is 0 Å². The van der Waals surface area contributed by atoms with Gasteiger partial charge in [0.05, 0.1) is 6.10 Å². The number of ether oxygens (including phenoxy) is 1. The molecule has 0 saturated carbocycles. The second-order valence-corrected chi connectivity index (χ2v) is 5.07. The fourth-order valence-corrected chi connectivity index (χ4v) is 2.03. The summed E-state index contributed by atoms with van der Waals surface area (Å²) in [5, 5.41) is 4.24. The summed E-state index contributed by atoms with van der Waals surface area (Å²) in [6.45, 7) is 8.06. The summed E-state index contributed by atoms with van der Waals surface area (Å²) in [5.74, 6) is 0.961. The maximum absolute atomic E-state index is 5.48. The Bertz CT molecular complexity index is 302. The maximum atomic E-state index is 5.48. The quantitative estimate of drug-likeness (QED) is 0.691. The van der Waals surface area contributed by atoms with Crippen LogP contribution in [0.4, 0.5) is 5.13 Å². The zero-order valence-corrected chi connectivity index (χ0v) is 11.8. The minimum Gasteiger partial charge on any atom is -0.379 e. The van der Waals surface area contributed by atoms with Crippen molar-refractivity contribution in [3.8, 4) is 0 Å². The van der Waals surface area contributed by atoms with E-state index in [0.717, 1.165) is 49.8 Å². The van der Waals surface area contributed by atoms with Crippen molar-refractivity contribution in [3.05, 3.63) is 5.82 Å². The molecule has 0 aliphatic heterocycles. The van der Waals surface area contributed by atoms with Crippen molar-refractivity contribution in [2.75, 3.05) is 18.5 Å². The molecule has 0 bridgehead atoms. The van der Waals surface area contributed by atoms with Crippen LogP contribution >= 0.6 is 11.5 Å². The van der Waals surface area contributed by atoms with Crippen LogP contribution in [0, 0.1) is 0 Å². The summed E-state index contributed by atoms with van der Waals surface area (Å²) in [6, 6.07) is 0. The van der Waals surface area contributed by atoms with Crippen molar-refractivity contribution < 1.29 is 4.74 Å². The van der Waals surface area contributed by atoms with Crippen LogP contribution in [0.15, 0.2) is 0 Å². The summed E-state index contributed by atoms with van der Waals surface area (Å²) in [5.41, 5.74) is 0. The summed E-state index contributed by atoms with van der Waals surface area (Å²) in [6.07, 6.45) is 4.60. The van der Waals surface area contributed by atoms with E-state index in [0.29, 0.717) is 6.10 Å². The van der Waals surface area contributed by atoms with Gasteiger partial charge in [-0.05, 0) is 33.1 Å². The first-order chi connectivity index (χ1) is 8.22. The molecule has 0 fully saturated rings. The lowest BCUT2D eigenvalue weighted by molar-refractivity contribution is 0.0765. The van der Waals surface area contributed by atoms with Crippen LogP contribution < -0.4 is 5.32 Å². The fourth-order valence-electron chi connectivity index (χ4n) is 1.39. The van der Waals surface area contributed by atoms with Gasteiger partial charge in [-0.2, -0.15) is 4.37 Å². The van der Waals surface area contributed by atoms with Gasteiger partial charge in [0.2, 0.25) is 5.13 Å². The SMILES string of the molecule is CCCc1nsc(NCCCCOC(C)C)n1. The molecule has 17 heavy (non-hydrogen) atoms. The Morgan fingerprint density at radius 2 is 2.18 bits per heavy atom. The number of rotatable bonds is 9. The number of unbranched alkanes of at least 4 members (excludes halogenated alkanes) is 1. The van der Waals surface area contributed by atoms with E-state index < -0.39 is 0 Å². The molecule has 0 aromatic carbocycles. The predicted molar refractivity (Wildman–Crippen MR) is 72.7 cm³/mol. The predicted octanol–water partition coefficient (Wildman–Crippen LogP) is 3.11. The first-order valence-electron chi connectivity index (χ1n) is 6.40. The van der Waals surface area contributed by atoms with Gasteiger partial charge in [0.25, 0.3) is 0 Å². The summed E-state index contributed by atoms with van der Waals surface area (Å²) in [4.78, 5) is 4.41. The van der Waals surface area contributed by atoms with Crippen molar-refractivity contribution in [2.45, 2.75) is 52.6 Å². The summed E-state index contributed by atoms with van der Waals surface area (Å²) in [7, 11) is 0. The number of hydrogen-bond acceptors (Lipinski definition) is 5. The Morgan fingerprint density at radius 1 is 1.35 bits per heavy atom. The Balaban J connectivity index is 2.05. The van der Waals surface area contributed by atoms with Crippen LogP contribution in [0.3, 0.4) is 0 Å². The molecule has 0 aliphatic carbocycles. The molecule has 5 heteroatoms. The van der Waals surface area contributed by atoms with Crippen molar-refractivity contribution in [1.29, 1.82) is 0 Å². The molecule has 0 aliphatic rings. The number of anilines is 1. The molecule has 1 aromatic rings. The Labute approximate surface area is 108 Å². The van der Waals surface area contributed by atoms with E-state index >= 15 is 0 Å². The van der Waals surface area contributed by atoms with E-state index in [1.54, 1.807) is 0 Å². The smallest absolute Gasteiger partial charge is 0.202 e. The molecule has 4 nitrogen and oxygen atoms in total. The average Bonchev–Trinajstić information content (AvgIpc) is 2.71. The van der Waals surface area contributed by atoms with Gasteiger partial charge in [0, 0.05) is 31.1 Å². The molecule has 0 unspecified atom stereocenters. The van der Waals surface area contributed by atoms with E-state index in [-0.39, 0.29) is 0 Å². The molecule has 1 rings (SSSR count). The minimum atomic E-state index is 0.336. The van der Waals surface area contributed by atoms with E-state index in [2.05, 4.69) is 35.4 Å². The van der Waals surface area contributed by atoms with Crippen LogP contribution in [0.5, 0.6) is 0 Å². The lowest BCUT2D eigenvalue weighted by atomic mass is 10.3. The first kappa shape index (κ1) is 14.4. The van der Waals surface area contributed by atoms with E-state index in [1.807, 2.05) is 0 Å². The van der Waals surface area contributed by atoms with E-state index in [4.69, 9.17) is 4.74 Å². The van der Waals surface area contributed by atoms with Crippen LogP contribution in [0.2, 0.25) is 0 Å². The molecule has 98 valence electrons. The van der Waals surface area contributed by atoms with Crippen LogP contribution in [-0.2, 0) is 11.2 Å². The van der Waals surface area contributed by atoms with Crippen LogP contribution in [-0.4, -0.2) is 28.6 Å². The van der Waals surface area contributed by atoms with Gasteiger partial charge in [-0.3, -0.25) is 0 Å². The highest BCUT2D eigenvalue weighted by atomic mass is 32.1. The van der Waals surface area contributed by atoms with Gasteiger partial charge < -0.3 is 10.1 Å². The van der Waals surface area contributed by atoms with Gasteiger partial charge >= 0.3 is 0 Å². The lowest BCUT2D eigenvalue weighted by Crippen LogP contribution is -2.06. The monoisotopic (exact) mass is 257 g/mol. The third kappa shape index (κ3) is 6.58. The van der Waals surface area contributed by atoms with Gasteiger partial charge in [-0.1, -0.05) is 6.92 Å². The highest BCUT2D eigenvalue weighted by Crippen LogP contribution is 2.12. The Hall–Kier alpha value is -0.680. The van der Waals surface area contributed by atoms with E-state index in [9.17, 15) is 0 Å². The van der Waals surface area contributed by atoms with Gasteiger partial charge in [0.1, 0.15) is 5.82 Å². The molecular formula is C12H23N3OS. The normalized spacial score (nSPS) is 11.1. The first-order valence-corrected chi connectivity index (χ1v) is 7.17. The third-order valence-electron chi connectivity index (χ3n) is 2.24. The second kappa shape index (κ2) is 8.42. The maximum Gasteiger partial charge on any atom is 0.202 e. The standard InChI is InChI=1S/C12H23N3OS/c1-4-7-11-14-12(17-15-11)13-8-5-6-9-16-10(2)3/h10H,4-9H2,1-3H3,(H,13,14,15). The zero-order chi connectivity index (χ0) is 12.5. The van der Waals surface area contributed by atoms with Crippen molar-refractivity contribution in [2.24, 2.45) is 0 Å². The highest BCUT2D eigenvalue weighted by Gasteiger charge is 2.01.